The van der Waals surface area contributed by atoms with Gasteiger partial charge < -0.3 is 10.4 Å². The predicted molar refractivity (Wildman–Crippen MR) is 67.4 cm³/mol. The topological polar surface area (TPSA) is 83.5 Å². The third-order valence-electron chi connectivity index (χ3n) is 2.50. The minimum absolute atomic E-state index is 0.0594. The van der Waals surface area contributed by atoms with Crippen molar-refractivity contribution < 1.29 is 18.3 Å². The molecule has 17 heavy (non-hydrogen) atoms. The molecule has 0 fully saturated rings. The first-order chi connectivity index (χ1) is 7.46. The molecule has 2 unspecified atom stereocenters. The molecular formula is C11H23NO4S. The Morgan fingerprint density at radius 2 is 1.82 bits per heavy atom. The second kappa shape index (κ2) is 5.82. The fourth-order valence-corrected chi connectivity index (χ4v) is 2.04. The van der Waals surface area contributed by atoms with Crippen molar-refractivity contribution in [1.29, 1.82) is 0 Å². The summed E-state index contributed by atoms with van der Waals surface area (Å²) in [6.45, 7) is 6.95. The zero-order valence-corrected chi connectivity index (χ0v) is 12.0. The number of aliphatic hydroxyl groups is 1. The maximum Gasteiger partial charge on any atom is 0.238 e. The summed E-state index contributed by atoms with van der Waals surface area (Å²) in [5.74, 6) is -0.272. The second-order valence-electron chi connectivity index (χ2n) is 5.28. The second-order valence-corrected chi connectivity index (χ2v) is 7.65. The van der Waals surface area contributed by atoms with Crippen molar-refractivity contribution in [1.82, 2.24) is 5.32 Å². The van der Waals surface area contributed by atoms with Gasteiger partial charge in [-0.1, -0.05) is 13.8 Å². The zero-order chi connectivity index (χ0) is 13.9. The highest BCUT2D eigenvalue weighted by atomic mass is 32.2. The molecule has 2 N–H and O–H groups in total. The number of rotatable bonds is 6. The monoisotopic (exact) mass is 265 g/mol. The van der Waals surface area contributed by atoms with E-state index in [1.165, 1.54) is 6.92 Å². The number of sulfone groups is 1. The number of amides is 1. The van der Waals surface area contributed by atoms with Crippen molar-refractivity contribution in [2.75, 3.05) is 12.8 Å². The number of hydrogen-bond donors (Lipinski definition) is 2. The lowest BCUT2D eigenvalue weighted by Crippen LogP contribution is -2.46. The van der Waals surface area contributed by atoms with Gasteiger partial charge in [0.2, 0.25) is 5.91 Å². The summed E-state index contributed by atoms with van der Waals surface area (Å²) in [4.78, 5) is 11.5. The molecular weight excluding hydrogens is 242 g/mol. The van der Waals surface area contributed by atoms with E-state index in [0.717, 1.165) is 6.26 Å². The molecule has 6 heteroatoms. The number of carbonyl (C=O) groups is 1. The van der Waals surface area contributed by atoms with Gasteiger partial charge in [-0.05, 0) is 26.2 Å². The molecule has 0 spiro atoms. The van der Waals surface area contributed by atoms with Crippen molar-refractivity contribution in [3.63, 3.8) is 0 Å². The molecule has 1 amide bonds. The molecule has 0 rings (SSSR count). The van der Waals surface area contributed by atoms with Crippen LogP contribution in [-0.2, 0) is 14.6 Å². The summed E-state index contributed by atoms with van der Waals surface area (Å²) in [5.41, 5.74) is -1.01. The molecule has 0 aliphatic heterocycles. The van der Waals surface area contributed by atoms with Crippen molar-refractivity contribution in [3.05, 3.63) is 0 Å². The Kier molecular flexibility index (Phi) is 5.61. The van der Waals surface area contributed by atoms with Crippen LogP contribution in [0.5, 0.6) is 0 Å². The molecule has 0 aromatic heterocycles. The van der Waals surface area contributed by atoms with Crippen LogP contribution in [0.3, 0.4) is 0 Å². The normalized spacial score (nSPS) is 17.6. The van der Waals surface area contributed by atoms with Gasteiger partial charge in [-0.3, -0.25) is 4.79 Å². The van der Waals surface area contributed by atoms with Gasteiger partial charge in [0.15, 0.2) is 9.84 Å². The Hall–Kier alpha value is -0.620. The lowest BCUT2D eigenvalue weighted by molar-refractivity contribution is -0.121. The number of nitrogens with one attached hydrogen (secondary N) is 1. The predicted octanol–water partition coefficient (Wildman–Crippen LogP) is 0.333. The van der Waals surface area contributed by atoms with E-state index in [4.69, 9.17) is 0 Å². The molecule has 102 valence electrons. The van der Waals surface area contributed by atoms with Gasteiger partial charge in [-0.15, -0.1) is 0 Å². The summed E-state index contributed by atoms with van der Waals surface area (Å²) < 4.78 is 22.3. The first-order valence-corrected chi connectivity index (χ1v) is 7.60. The van der Waals surface area contributed by atoms with E-state index in [0.29, 0.717) is 12.3 Å². The van der Waals surface area contributed by atoms with E-state index in [1.807, 2.05) is 13.8 Å². The molecule has 0 radical (unpaired) electrons. The summed E-state index contributed by atoms with van der Waals surface area (Å²) in [5, 5.41) is 11.3. The highest BCUT2D eigenvalue weighted by molar-refractivity contribution is 7.92. The summed E-state index contributed by atoms with van der Waals surface area (Å²) >= 11 is 0. The van der Waals surface area contributed by atoms with E-state index in [2.05, 4.69) is 5.32 Å². The third kappa shape index (κ3) is 6.63. The molecule has 2 atom stereocenters. The van der Waals surface area contributed by atoms with Crippen LogP contribution in [-0.4, -0.2) is 43.1 Å². The van der Waals surface area contributed by atoms with Crippen molar-refractivity contribution >= 4 is 15.7 Å². The van der Waals surface area contributed by atoms with Crippen LogP contribution < -0.4 is 5.32 Å². The Morgan fingerprint density at radius 1 is 1.35 bits per heavy atom. The largest absolute Gasteiger partial charge is 0.388 e. The SMILES string of the molecule is CC(C)CC(C)(O)CNC(=O)C(C)S(C)(=O)=O. The molecule has 0 aliphatic carbocycles. The Bertz CT molecular complexity index is 360. The maximum atomic E-state index is 11.5. The minimum atomic E-state index is -3.39. The third-order valence-corrected chi connectivity index (χ3v) is 4.00. The van der Waals surface area contributed by atoms with Gasteiger partial charge >= 0.3 is 0 Å². The van der Waals surface area contributed by atoms with Crippen LogP contribution in [0.2, 0.25) is 0 Å². The standard InChI is InChI=1S/C11H23NO4S/c1-8(2)6-11(4,14)7-12-10(13)9(3)17(5,15)16/h8-9,14H,6-7H2,1-5H3,(H,12,13). The first-order valence-electron chi connectivity index (χ1n) is 5.64. The summed E-state index contributed by atoms with van der Waals surface area (Å²) in [7, 11) is -3.39. The van der Waals surface area contributed by atoms with Crippen LogP contribution in [0, 0.1) is 5.92 Å². The van der Waals surface area contributed by atoms with Crippen LogP contribution in [0.15, 0.2) is 0 Å². The highest BCUT2D eigenvalue weighted by Crippen LogP contribution is 2.15. The molecule has 0 bridgehead atoms. The minimum Gasteiger partial charge on any atom is -0.388 e. The fraction of sp³-hybridized carbons (Fsp3) is 0.909. The first kappa shape index (κ1) is 16.4. The number of carbonyl (C=O) groups excluding carboxylic acids is 1. The average Bonchev–Trinajstić information content (AvgIpc) is 2.09. The smallest absolute Gasteiger partial charge is 0.238 e. The maximum absolute atomic E-state index is 11.5. The van der Waals surface area contributed by atoms with E-state index in [9.17, 15) is 18.3 Å². The van der Waals surface area contributed by atoms with Crippen LogP contribution in [0.1, 0.15) is 34.1 Å². The van der Waals surface area contributed by atoms with Crippen molar-refractivity contribution in [3.8, 4) is 0 Å². The molecule has 0 aliphatic rings. The number of hydrogen-bond acceptors (Lipinski definition) is 4. The van der Waals surface area contributed by atoms with E-state index < -0.39 is 26.6 Å². The van der Waals surface area contributed by atoms with E-state index >= 15 is 0 Å². The lowest BCUT2D eigenvalue weighted by atomic mass is 9.94. The van der Waals surface area contributed by atoms with Crippen LogP contribution >= 0.6 is 0 Å². The molecule has 0 saturated carbocycles. The molecule has 0 aromatic carbocycles. The van der Waals surface area contributed by atoms with Crippen LogP contribution in [0.25, 0.3) is 0 Å². The van der Waals surface area contributed by atoms with Gasteiger partial charge in [0, 0.05) is 12.8 Å². The van der Waals surface area contributed by atoms with Gasteiger partial charge in [0.25, 0.3) is 0 Å². The zero-order valence-electron chi connectivity index (χ0n) is 11.1. The molecule has 0 saturated heterocycles. The Balaban J connectivity index is 4.35. The quantitative estimate of drug-likeness (QED) is 0.725. The Labute approximate surface area is 104 Å². The van der Waals surface area contributed by atoms with E-state index in [1.54, 1.807) is 6.92 Å². The van der Waals surface area contributed by atoms with E-state index in [-0.39, 0.29) is 6.54 Å². The van der Waals surface area contributed by atoms with Gasteiger partial charge in [-0.2, -0.15) is 0 Å². The van der Waals surface area contributed by atoms with Crippen molar-refractivity contribution in [2.24, 2.45) is 5.92 Å². The fourth-order valence-electron chi connectivity index (χ4n) is 1.57. The van der Waals surface area contributed by atoms with Crippen molar-refractivity contribution in [2.45, 2.75) is 45.0 Å². The molecule has 0 heterocycles. The lowest BCUT2D eigenvalue weighted by Gasteiger charge is -2.26. The highest BCUT2D eigenvalue weighted by Gasteiger charge is 2.27. The van der Waals surface area contributed by atoms with Gasteiger partial charge in [0.1, 0.15) is 5.25 Å². The Morgan fingerprint density at radius 3 is 2.18 bits per heavy atom. The summed E-state index contributed by atoms with van der Waals surface area (Å²) in [6.07, 6.45) is 1.56. The van der Waals surface area contributed by atoms with Gasteiger partial charge in [-0.25, -0.2) is 8.42 Å². The molecule has 5 nitrogen and oxygen atoms in total. The molecule has 0 aromatic rings. The van der Waals surface area contributed by atoms with Crippen LogP contribution in [0.4, 0.5) is 0 Å². The summed E-state index contributed by atoms with van der Waals surface area (Å²) in [6, 6.07) is 0. The average molecular weight is 265 g/mol. The van der Waals surface area contributed by atoms with Gasteiger partial charge in [0.05, 0.1) is 5.60 Å².